The number of anilines is 1. The van der Waals surface area contributed by atoms with Crippen LogP contribution in [0.2, 0.25) is 5.02 Å². The molecule has 0 atom stereocenters. The first-order chi connectivity index (χ1) is 10.3. The van der Waals surface area contributed by atoms with E-state index in [-0.39, 0.29) is 16.1 Å². The Bertz CT molecular complexity index is 924. The fourth-order valence-electron chi connectivity index (χ4n) is 2.23. The summed E-state index contributed by atoms with van der Waals surface area (Å²) in [5, 5.41) is 1.68. The van der Waals surface area contributed by atoms with Crippen LogP contribution in [0, 0.1) is 11.6 Å². The van der Waals surface area contributed by atoms with Crippen LogP contribution in [0.5, 0.6) is 0 Å². The zero-order chi connectivity index (χ0) is 16.2. The van der Waals surface area contributed by atoms with Crippen molar-refractivity contribution in [2.45, 2.75) is 0 Å². The van der Waals surface area contributed by atoms with Crippen LogP contribution in [-0.2, 0) is 0 Å². The van der Waals surface area contributed by atoms with Gasteiger partial charge in [-0.15, -0.1) is 0 Å². The third kappa shape index (κ3) is 1.81. The van der Waals surface area contributed by atoms with E-state index in [9.17, 15) is 23.2 Å². The summed E-state index contributed by atoms with van der Waals surface area (Å²) in [5.74, 6) is -4.77. The van der Waals surface area contributed by atoms with Gasteiger partial charge in [0.05, 0.1) is 16.1 Å². The summed E-state index contributed by atoms with van der Waals surface area (Å²) in [4.78, 5) is 35.3. The second-order valence-corrected chi connectivity index (χ2v) is 4.87. The van der Waals surface area contributed by atoms with E-state index in [4.69, 9.17) is 17.3 Å². The number of carbonyl (C=O) groups excluding carboxylic acids is 2. The van der Waals surface area contributed by atoms with Crippen molar-refractivity contribution in [1.82, 2.24) is 9.88 Å². The second-order valence-electron chi connectivity index (χ2n) is 4.47. The number of imide groups is 1. The molecule has 1 aliphatic rings. The molecule has 0 unspecified atom stereocenters. The summed E-state index contributed by atoms with van der Waals surface area (Å²) in [6.45, 7) is 0. The number of nitrogens with one attached hydrogen (secondary N) is 1. The van der Waals surface area contributed by atoms with Crippen molar-refractivity contribution in [2.75, 3.05) is 5.73 Å². The highest BCUT2D eigenvalue weighted by Gasteiger charge is 2.32. The molecule has 1 aromatic heterocycles. The van der Waals surface area contributed by atoms with Gasteiger partial charge >= 0.3 is 0 Å². The van der Waals surface area contributed by atoms with Crippen LogP contribution in [0.15, 0.2) is 23.0 Å². The Morgan fingerprint density at radius 1 is 1.14 bits per heavy atom. The predicted molar refractivity (Wildman–Crippen MR) is 73.2 cm³/mol. The lowest BCUT2D eigenvalue weighted by Crippen LogP contribution is -2.25. The number of fused-ring (bicyclic) bond motifs is 1. The van der Waals surface area contributed by atoms with Gasteiger partial charge < -0.3 is 5.73 Å². The highest BCUT2D eigenvalue weighted by molar-refractivity contribution is 6.32. The quantitative estimate of drug-likeness (QED) is 0.609. The van der Waals surface area contributed by atoms with Gasteiger partial charge in [-0.25, -0.2) is 8.78 Å². The lowest BCUT2D eigenvalue weighted by molar-refractivity contribution is 0.0880. The summed E-state index contributed by atoms with van der Waals surface area (Å²) < 4.78 is 27.9. The molecule has 0 spiro atoms. The van der Waals surface area contributed by atoms with Gasteiger partial charge in [0.25, 0.3) is 17.4 Å². The fraction of sp³-hybridized carbons (Fsp3) is 0. The first kappa shape index (κ1) is 14.2. The first-order valence-electron chi connectivity index (χ1n) is 5.88. The maximum atomic E-state index is 14.0. The van der Waals surface area contributed by atoms with E-state index in [1.54, 1.807) is 0 Å². The molecule has 3 rings (SSSR count). The van der Waals surface area contributed by atoms with Crippen LogP contribution < -0.4 is 16.6 Å². The van der Waals surface area contributed by atoms with Crippen LogP contribution in [0.3, 0.4) is 0 Å². The number of benzene rings is 1. The zero-order valence-corrected chi connectivity index (χ0v) is 11.4. The summed E-state index contributed by atoms with van der Waals surface area (Å²) in [6, 6.07) is 2.64. The molecule has 2 aromatic rings. The van der Waals surface area contributed by atoms with Gasteiger partial charge in [-0.05, 0) is 12.1 Å². The molecule has 0 aliphatic carbocycles. The maximum absolute atomic E-state index is 14.0. The molecule has 1 aliphatic heterocycles. The van der Waals surface area contributed by atoms with E-state index < -0.39 is 40.5 Å². The molecule has 9 heteroatoms. The highest BCUT2D eigenvalue weighted by Crippen LogP contribution is 2.29. The van der Waals surface area contributed by atoms with E-state index in [1.807, 2.05) is 5.32 Å². The lowest BCUT2D eigenvalue weighted by atomic mass is 10.1. The SMILES string of the molecule is Nc1c2c(cc(=O)n1-c1c(Cl)ccc(F)c1F)C(=O)NC2=O. The van der Waals surface area contributed by atoms with Crippen LogP contribution >= 0.6 is 11.6 Å². The molecule has 22 heavy (non-hydrogen) atoms. The molecule has 112 valence electrons. The maximum Gasteiger partial charge on any atom is 0.262 e. The number of halogens is 3. The third-order valence-electron chi connectivity index (χ3n) is 3.20. The standard InChI is InChI=1S/C13H6ClF2N3O3/c14-5-1-2-6(15)9(16)10(5)19-7(20)3-4-8(11(19)17)13(22)18-12(4)21/h1-3H,17H2,(H,18,21,22). The summed E-state index contributed by atoms with van der Waals surface area (Å²) >= 11 is 5.81. The molecule has 0 fully saturated rings. The summed E-state index contributed by atoms with van der Waals surface area (Å²) in [6.07, 6.45) is 0. The van der Waals surface area contributed by atoms with Crippen molar-refractivity contribution in [1.29, 1.82) is 0 Å². The first-order valence-corrected chi connectivity index (χ1v) is 6.25. The average Bonchev–Trinajstić information content (AvgIpc) is 2.73. The van der Waals surface area contributed by atoms with Crippen LogP contribution in [0.1, 0.15) is 20.7 Å². The highest BCUT2D eigenvalue weighted by atomic mass is 35.5. The normalized spacial score (nSPS) is 13.2. The van der Waals surface area contributed by atoms with E-state index in [1.165, 1.54) is 0 Å². The minimum absolute atomic E-state index is 0.225. The Morgan fingerprint density at radius 3 is 2.50 bits per heavy atom. The van der Waals surface area contributed by atoms with Crippen molar-refractivity contribution in [3.05, 3.63) is 56.3 Å². The molecule has 0 saturated heterocycles. The van der Waals surface area contributed by atoms with Crippen molar-refractivity contribution in [3.8, 4) is 5.69 Å². The number of hydrogen-bond acceptors (Lipinski definition) is 4. The molecule has 6 nitrogen and oxygen atoms in total. The van der Waals surface area contributed by atoms with Gasteiger partial charge in [0.1, 0.15) is 11.5 Å². The number of aromatic nitrogens is 1. The van der Waals surface area contributed by atoms with E-state index in [2.05, 4.69) is 0 Å². The molecule has 1 aromatic carbocycles. The van der Waals surface area contributed by atoms with E-state index in [0.717, 1.165) is 18.2 Å². The summed E-state index contributed by atoms with van der Waals surface area (Å²) in [5.41, 5.74) is 3.65. The van der Waals surface area contributed by atoms with Crippen molar-refractivity contribution < 1.29 is 18.4 Å². The summed E-state index contributed by atoms with van der Waals surface area (Å²) in [7, 11) is 0. The Hall–Kier alpha value is -2.74. The number of rotatable bonds is 1. The van der Waals surface area contributed by atoms with Gasteiger partial charge in [-0.2, -0.15) is 0 Å². The average molecular weight is 326 g/mol. The van der Waals surface area contributed by atoms with Crippen molar-refractivity contribution in [3.63, 3.8) is 0 Å². The molecular weight excluding hydrogens is 320 g/mol. The Labute approximate surface area is 126 Å². The molecule has 0 bridgehead atoms. The van der Waals surface area contributed by atoms with E-state index in [0.29, 0.717) is 4.57 Å². The Balaban J connectivity index is 2.43. The number of nitrogens with zero attached hydrogens (tertiary/aromatic N) is 1. The number of pyridine rings is 1. The topological polar surface area (TPSA) is 94.2 Å². The number of carbonyl (C=O) groups is 2. The molecule has 2 amide bonds. The minimum Gasteiger partial charge on any atom is -0.384 e. The molecule has 2 heterocycles. The van der Waals surface area contributed by atoms with Crippen LogP contribution in [0.4, 0.5) is 14.6 Å². The van der Waals surface area contributed by atoms with Crippen LogP contribution in [0.25, 0.3) is 5.69 Å². The molecular formula is C13H6ClF2N3O3. The zero-order valence-electron chi connectivity index (χ0n) is 10.6. The van der Waals surface area contributed by atoms with Gasteiger partial charge in [0.2, 0.25) is 0 Å². The molecule has 0 radical (unpaired) electrons. The van der Waals surface area contributed by atoms with Gasteiger partial charge in [0.15, 0.2) is 11.6 Å². The van der Waals surface area contributed by atoms with Gasteiger partial charge in [-0.3, -0.25) is 24.3 Å². The largest absolute Gasteiger partial charge is 0.384 e. The Morgan fingerprint density at radius 2 is 1.82 bits per heavy atom. The predicted octanol–water partition coefficient (Wildman–Crippen LogP) is 1.23. The van der Waals surface area contributed by atoms with E-state index >= 15 is 0 Å². The number of nitrogen functional groups attached to an aromatic ring is 1. The smallest absolute Gasteiger partial charge is 0.262 e. The molecule has 3 N–H and O–H groups in total. The van der Waals surface area contributed by atoms with Gasteiger partial charge in [0, 0.05) is 6.07 Å². The Kier molecular flexibility index (Phi) is 2.99. The molecule has 0 saturated carbocycles. The monoisotopic (exact) mass is 325 g/mol. The lowest BCUT2D eigenvalue weighted by Gasteiger charge is -2.14. The fourth-order valence-corrected chi connectivity index (χ4v) is 2.46. The van der Waals surface area contributed by atoms with Crippen molar-refractivity contribution >= 4 is 29.2 Å². The third-order valence-corrected chi connectivity index (χ3v) is 3.50. The van der Waals surface area contributed by atoms with Crippen molar-refractivity contribution in [2.24, 2.45) is 0 Å². The van der Waals surface area contributed by atoms with Crippen LogP contribution in [-0.4, -0.2) is 16.4 Å². The number of nitrogens with two attached hydrogens (primary N) is 1. The minimum atomic E-state index is -1.40. The second kappa shape index (κ2) is 4.63. The number of hydrogen-bond donors (Lipinski definition) is 2. The number of amides is 2. The van der Waals surface area contributed by atoms with Gasteiger partial charge in [-0.1, -0.05) is 11.6 Å².